The third-order valence-electron chi connectivity index (χ3n) is 3.82. The molecular formula is C16H16ClF2N3O. The Kier molecular flexibility index (Phi) is 4.35. The molecule has 122 valence electrons. The molecule has 0 radical (unpaired) electrons. The van der Waals surface area contributed by atoms with Gasteiger partial charge in [-0.15, -0.1) is 0 Å². The molecule has 1 aromatic carbocycles. The minimum absolute atomic E-state index is 0.218. The topological polar surface area (TPSA) is 46.9 Å². The Morgan fingerprint density at radius 2 is 2.17 bits per heavy atom. The maximum absolute atomic E-state index is 13.1. The van der Waals surface area contributed by atoms with E-state index in [0.717, 1.165) is 23.1 Å². The molecule has 4 nitrogen and oxygen atoms in total. The van der Waals surface area contributed by atoms with E-state index in [4.69, 9.17) is 11.6 Å². The molecule has 23 heavy (non-hydrogen) atoms. The number of amides is 1. The molecule has 0 atom stereocenters. The van der Waals surface area contributed by atoms with E-state index >= 15 is 0 Å². The Bertz CT molecular complexity index is 741. The largest absolute Gasteiger partial charge is 0.324 e. The zero-order chi connectivity index (χ0) is 16.6. The van der Waals surface area contributed by atoms with Gasteiger partial charge in [-0.3, -0.25) is 9.48 Å². The van der Waals surface area contributed by atoms with E-state index in [2.05, 4.69) is 10.4 Å². The molecule has 1 saturated carbocycles. The van der Waals surface area contributed by atoms with Crippen LogP contribution in [0.15, 0.2) is 24.3 Å². The number of hydrogen-bond acceptors (Lipinski definition) is 2. The molecule has 1 fully saturated rings. The molecule has 0 bridgehead atoms. The molecule has 0 unspecified atom stereocenters. The SMILES string of the molecule is Cc1ccc(Cl)cc1NC(=O)Cn1nc(C2CC2)cc1C(F)F. The van der Waals surface area contributed by atoms with Crippen LogP contribution in [-0.2, 0) is 11.3 Å². The van der Waals surface area contributed by atoms with Gasteiger partial charge in [-0.25, -0.2) is 8.78 Å². The number of anilines is 1. The number of aryl methyl sites for hydroxylation is 1. The molecule has 7 heteroatoms. The Morgan fingerprint density at radius 1 is 1.43 bits per heavy atom. The summed E-state index contributed by atoms with van der Waals surface area (Å²) in [5.74, 6) is -0.158. The van der Waals surface area contributed by atoms with Crippen molar-refractivity contribution in [2.75, 3.05) is 5.32 Å². The van der Waals surface area contributed by atoms with Crippen molar-refractivity contribution in [3.05, 3.63) is 46.2 Å². The minimum atomic E-state index is -2.66. The highest BCUT2D eigenvalue weighted by molar-refractivity contribution is 6.31. The van der Waals surface area contributed by atoms with Crippen LogP contribution in [-0.4, -0.2) is 15.7 Å². The molecular weight excluding hydrogens is 324 g/mol. The van der Waals surface area contributed by atoms with Gasteiger partial charge in [-0.05, 0) is 43.5 Å². The third kappa shape index (κ3) is 3.69. The van der Waals surface area contributed by atoms with Gasteiger partial charge in [0.2, 0.25) is 5.91 Å². The highest BCUT2D eigenvalue weighted by atomic mass is 35.5. The van der Waals surface area contributed by atoms with Gasteiger partial charge in [0.1, 0.15) is 12.2 Å². The van der Waals surface area contributed by atoms with Gasteiger partial charge in [-0.2, -0.15) is 5.10 Å². The second-order valence-electron chi connectivity index (χ2n) is 5.73. The van der Waals surface area contributed by atoms with Crippen molar-refractivity contribution >= 4 is 23.2 Å². The fraction of sp³-hybridized carbons (Fsp3) is 0.375. The summed E-state index contributed by atoms with van der Waals surface area (Å²) in [6, 6.07) is 6.53. The van der Waals surface area contributed by atoms with E-state index in [1.165, 1.54) is 6.07 Å². The van der Waals surface area contributed by atoms with Crippen LogP contribution in [0, 0.1) is 6.92 Å². The number of benzene rings is 1. The molecule has 0 aliphatic heterocycles. The molecule has 1 heterocycles. The van der Waals surface area contributed by atoms with Gasteiger partial charge < -0.3 is 5.32 Å². The number of alkyl halides is 2. The van der Waals surface area contributed by atoms with Crippen molar-refractivity contribution < 1.29 is 13.6 Å². The predicted molar refractivity (Wildman–Crippen MR) is 84.0 cm³/mol. The Balaban J connectivity index is 1.75. The molecule has 3 rings (SSSR count). The van der Waals surface area contributed by atoms with Crippen LogP contribution >= 0.6 is 11.6 Å². The second-order valence-corrected chi connectivity index (χ2v) is 6.17. The maximum Gasteiger partial charge on any atom is 0.280 e. The van der Waals surface area contributed by atoms with Crippen LogP contribution in [0.2, 0.25) is 5.02 Å². The number of aromatic nitrogens is 2. The molecule has 2 aromatic rings. The molecule has 1 amide bonds. The van der Waals surface area contributed by atoms with Crippen molar-refractivity contribution in [2.45, 2.75) is 38.7 Å². The van der Waals surface area contributed by atoms with Crippen LogP contribution in [0.1, 0.15) is 42.1 Å². The highest BCUT2D eigenvalue weighted by Gasteiger charge is 2.29. The Hall–Kier alpha value is -1.95. The molecule has 1 aliphatic rings. The van der Waals surface area contributed by atoms with E-state index in [1.54, 1.807) is 18.2 Å². The van der Waals surface area contributed by atoms with Gasteiger partial charge in [0.25, 0.3) is 6.43 Å². The first-order valence-electron chi connectivity index (χ1n) is 7.36. The molecule has 0 saturated heterocycles. The van der Waals surface area contributed by atoms with Crippen molar-refractivity contribution in [2.24, 2.45) is 0 Å². The second kappa shape index (κ2) is 6.28. The average molecular weight is 340 g/mol. The lowest BCUT2D eigenvalue weighted by molar-refractivity contribution is -0.117. The summed E-state index contributed by atoms with van der Waals surface area (Å²) in [5.41, 5.74) is 1.84. The minimum Gasteiger partial charge on any atom is -0.324 e. The number of hydrogen-bond donors (Lipinski definition) is 1. The smallest absolute Gasteiger partial charge is 0.280 e. The summed E-state index contributed by atoms with van der Waals surface area (Å²) in [4.78, 5) is 12.2. The number of carbonyl (C=O) groups is 1. The summed E-state index contributed by atoms with van der Waals surface area (Å²) in [5, 5.41) is 7.35. The predicted octanol–water partition coefficient (Wildman–Crippen LogP) is 4.30. The molecule has 1 N–H and O–H groups in total. The molecule has 1 aromatic heterocycles. The summed E-state index contributed by atoms with van der Waals surface area (Å²) < 4.78 is 27.3. The normalized spacial score (nSPS) is 14.3. The van der Waals surface area contributed by atoms with E-state index in [1.807, 2.05) is 6.92 Å². The van der Waals surface area contributed by atoms with Gasteiger partial charge in [-0.1, -0.05) is 17.7 Å². The maximum atomic E-state index is 13.1. The average Bonchev–Trinajstić information content (AvgIpc) is 3.24. The van der Waals surface area contributed by atoms with E-state index in [-0.39, 0.29) is 18.2 Å². The van der Waals surface area contributed by atoms with Crippen LogP contribution in [0.4, 0.5) is 14.5 Å². The van der Waals surface area contributed by atoms with Crippen molar-refractivity contribution in [3.63, 3.8) is 0 Å². The lowest BCUT2D eigenvalue weighted by Crippen LogP contribution is -2.21. The number of nitrogens with zero attached hydrogens (tertiary/aromatic N) is 2. The molecule has 0 spiro atoms. The first-order valence-corrected chi connectivity index (χ1v) is 7.73. The van der Waals surface area contributed by atoms with Gasteiger partial charge in [0.15, 0.2) is 0 Å². The first kappa shape index (κ1) is 15.9. The van der Waals surface area contributed by atoms with Crippen molar-refractivity contribution in [1.82, 2.24) is 9.78 Å². The fourth-order valence-electron chi connectivity index (χ4n) is 2.39. The van der Waals surface area contributed by atoms with E-state index in [0.29, 0.717) is 16.4 Å². The zero-order valence-corrected chi connectivity index (χ0v) is 13.3. The lowest BCUT2D eigenvalue weighted by Gasteiger charge is -2.10. The Labute approximate surface area is 137 Å². The van der Waals surface area contributed by atoms with E-state index in [9.17, 15) is 13.6 Å². The quantitative estimate of drug-likeness (QED) is 0.882. The van der Waals surface area contributed by atoms with Gasteiger partial charge in [0.05, 0.1) is 5.69 Å². The number of rotatable bonds is 5. The number of nitrogens with one attached hydrogen (secondary N) is 1. The van der Waals surface area contributed by atoms with Crippen LogP contribution in [0.5, 0.6) is 0 Å². The van der Waals surface area contributed by atoms with Crippen molar-refractivity contribution in [3.8, 4) is 0 Å². The standard InChI is InChI=1S/C16H16ClF2N3O/c1-9-2-5-11(17)6-12(9)20-15(23)8-22-14(16(18)19)7-13(21-22)10-3-4-10/h2,5-7,10,16H,3-4,8H2,1H3,(H,20,23). The summed E-state index contributed by atoms with van der Waals surface area (Å²) in [6.07, 6.45) is -0.725. The third-order valence-corrected chi connectivity index (χ3v) is 4.05. The summed E-state index contributed by atoms with van der Waals surface area (Å²) >= 11 is 5.90. The lowest BCUT2D eigenvalue weighted by atomic mass is 10.2. The van der Waals surface area contributed by atoms with Crippen molar-refractivity contribution in [1.29, 1.82) is 0 Å². The monoisotopic (exact) mass is 339 g/mol. The number of halogens is 3. The first-order chi connectivity index (χ1) is 10.9. The van der Waals surface area contributed by atoms with E-state index < -0.39 is 12.3 Å². The number of carbonyl (C=O) groups excluding carboxylic acids is 1. The Morgan fingerprint density at radius 3 is 2.83 bits per heavy atom. The van der Waals surface area contributed by atoms with Crippen LogP contribution in [0.3, 0.4) is 0 Å². The highest BCUT2D eigenvalue weighted by Crippen LogP contribution is 2.40. The van der Waals surface area contributed by atoms with Crippen LogP contribution < -0.4 is 5.32 Å². The summed E-state index contributed by atoms with van der Waals surface area (Å²) in [7, 11) is 0. The zero-order valence-electron chi connectivity index (χ0n) is 12.5. The van der Waals surface area contributed by atoms with Gasteiger partial charge >= 0.3 is 0 Å². The fourth-order valence-corrected chi connectivity index (χ4v) is 2.56. The van der Waals surface area contributed by atoms with Gasteiger partial charge in [0, 0.05) is 16.6 Å². The van der Waals surface area contributed by atoms with Crippen LogP contribution in [0.25, 0.3) is 0 Å². The molecule has 1 aliphatic carbocycles. The summed E-state index contributed by atoms with van der Waals surface area (Å²) in [6.45, 7) is 1.58.